The fourth-order valence-corrected chi connectivity index (χ4v) is 1.74. The van der Waals surface area contributed by atoms with Crippen LogP contribution in [0, 0.1) is 11.6 Å². The van der Waals surface area contributed by atoms with Gasteiger partial charge in [0.25, 0.3) is 0 Å². The highest BCUT2D eigenvalue weighted by molar-refractivity contribution is 5.29. The van der Waals surface area contributed by atoms with E-state index in [9.17, 15) is 8.78 Å². The van der Waals surface area contributed by atoms with Crippen molar-refractivity contribution in [3.8, 4) is 0 Å². The molecule has 1 aromatic carbocycles. The van der Waals surface area contributed by atoms with Crippen molar-refractivity contribution in [1.82, 2.24) is 0 Å². The molecule has 0 atom stereocenters. The molecule has 3 heteroatoms. The van der Waals surface area contributed by atoms with Crippen LogP contribution in [0.2, 0.25) is 0 Å². The summed E-state index contributed by atoms with van der Waals surface area (Å²) in [6.45, 7) is 4.37. The number of hydrogen-bond acceptors (Lipinski definition) is 1. The summed E-state index contributed by atoms with van der Waals surface area (Å²) >= 11 is 0. The van der Waals surface area contributed by atoms with Crippen LogP contribution in [0.15, 0.2) is 12.1 Å². The standard InChI is InChI=1S/C13H19F2N/c1-9(2)10-6-7-12(14)11(13(10)15)5-3-4-8-16/h6-7,9H,3-5,8,16H2,1-2H3. The molecule has 0 aliphatic heterocycles. The molecule has 0 saturated carbocycles. The number of rotatable bonds is 5. The molecule has 1 nitrogen and oxygen atoms in total. The minimum Gasteiger partial charge on any atom is -0.330 e. The van der Waals surface area contributed by atoms with Gasteiger partial charge < -0.3 is 5.73 Å². The molecule has 90 valence electrons. The molecule has 0 saturated heterocycles. The summed E-state index contributed by atoms with van der Waals surface area (Å²) in [5.41, 5.74) is 6.15. The van der Waals surface area contributed by atoms with E-state index in [1.165, 1.54) is 12.1 Å². The number of unbranched alkanes of at least 4 members (excludes halogenated alkanes) is 1. The van der Waals surface area contributed by atoms with Gasteiger partial charge in [-0.15, -0.1) is 0 Å². The summed E-state index contributed by atoms with van der Waals surface area (Å²) in [5.74, 6) is -0.750. The predicted octanol–water partition coefficient (Wildman–Crippen LogP) is 3.37. The van der Waals surface area contributed by atoms with Crippen LogP contribution >= 0.6 is 0 Å². The maximum absolute atomic E-state index is 13.9. The van der Waals surface area contributed by atoms with Crippen LogP contribution in [0.25, 0.3) is 0 Å². The zero-order chi connectivity index (χ0) is 12.1. The van der Waals surface area contributed by atoms with E-state index >= 15 is 0 Å². The molecule has 0 heterocycles. The van der Waals surface area contributed by atoms with Gasteiger partial charge in [0.1, 0.15) is 11.6 Å². The first kappa shape index (κ1) is 13.1. The Bertz CT molecular complexity index is 348. The largest absolute Gasteiger partial charge is 0.330 e. The van der Waals surface area contributed by atoms with Crippen molar-refractivity contribution in [1.29, 1.82) is 0 Å². The van der Waals surface area contributed by atoms with Gasteiger partial charge in [-0.25, -0.2) is 8.78 Å². The Balaban J connectivity index is 2.92. The maximum Gasteiger partial charge on any atom is 0.132 e. The summed E-state index contributed by atoms with van der Waals surface area (Å²) in [7, 11) is 0. The molecule has 16 heavy (non-hydrogen) atoms. The van der Waals surface area contributed by atoms with Gasteiger partial charge >= 0.3 is 0 Å². The summed E-state index contributed by atoms with van der Waals surface area (Å²) in [5, 5.41) is 0. The van der Waals surface area contributed by atoms with Crippen molar-refractivity contribution in [2.45, 2.75) is 39.0 Å². The average Bonchev–Trinajstić information content (AvgIpc) is 2.22. The van der Waals surface area contributed by atoms with E-state index in [-0.39, 0.29) is 17.3 Å². The number of nitrogens with two attached hydrogens (primary N) is 1. The van der Waals surface area contributed by atoms with Crippen LogP contribution in [0.4, 0.5) is 8.78 Å². The molecule has 2 N–H and O–H groups in total. The third-order valence-electron chi connectivity index (χ3n) is 2.72. The Hall–Kier alpha value is -0.960. The Morgan fingerprint density at radius 2 is 1.88 bits per heavy atom. The highest BCUT2D eigenvalue weighted by atomic mass is 19.1. The van der Waals surface area contributed by atoms with Crippen LogP contribution in [0.3, 0.4) is 0 Å². The molecule has 0 amide bonds. The van der Waals surface area contributed by atoms with Crippen LogP contribution < -0.4 is 5.73 Å². The molecule has 0 radical (unpaired) electrons. The minimum absolute atomic E-state index is 0.0776. The topological polar surface area (TPSA) is 26.0 Å². The van der Waals surface area contributed by atoms with E-state index in [0.29, 0.717) is 18.5 Å². The first-order valence-corrected chi connectivity index (χ1v) is 5.74. The zero-order valence-corrected chi connectivity index (χ0v) is 9.89. The molecule has 0 spiro atoms. The SMILES string of the molecule is CC(C)c1ccc(F)c(CCCCN)c1F. The summed E-state index contributed by atoms with van der Waals surface area (Å²) in [4.78, 5) is 0. The zero-order valence-electron chi connectivity index (χ0n) is 9.89. The molecule has 1 aromatic rings. The van der Waals surface area contributed by atoms with Gasteiger partial charge in [-0.1, -0.05) is 19.9 Å². The molecule has 0 unspecified atom stereocenters. The van der Waals surface area contributed by atoms with Crippen LogP contribution in [0.5, 0.6) is 0 Å². The third kappa shape index (κ3) is 3.01. The van der Waals surface area contributed by atoms with E-state index < -0.39 is 5.82 Å². The first-order chi connectivity index (χ1) is 7.57. The van der Waals surface area contributed by atoms with Gasteiger partial charge in [0.2, 0.25) is 0 Å². The second kappa shape index (κ2) is 5.94. The van der Waals surface area contributed by atoms with E-state index in [0.717, 1.165) is 12.8 Å². The lowest BCUT2D eigenvalue weighted by atomic mass is 9.97. The first-order valence-electron chi connectivity index (χ1n) is 5.74. The van der Waals surface area contributed by atoms with E-state index in [4.69, 9.17) is 5.73 Å². The fraction of sp³-hybridized carbons (Fsp3) is 0.538. The molecule has 0 aliphatic carbocycles. The van der Waals surface area contributed by atoms with Crippen LogP contribution in [-0.2, 0) is 6.42 Å². The molecule has 0 aromatic heterocycles. The molecule has 1 rings (SSSR count). The van der Waals surface area contributed by atoms with Crippen molar-refractivity contribution in [2.75, 3.05) is 6.54 Å². The Morgan fingerprint density at radius 3 is 2.44 bits per heavy atom. The van der Waals surface area contributed by atoms with Gasteiger partial charge in [-0.3, -0.25) is 0 Å². The van der Waals surface area contributed by atoms with Crippen molar-refractivity contribution in [3.63, 3.8) is 0 Å². The van der Waals surface area contributed by atoms with E-state index in [1.807, 2.05) is 13.8 Å². The molecular formula is C13H19F2N. The van der Waals surface area contributed by atoms with Crippen molar-refractivity contribution in [2.24, 2.45) is 5.73 Å². The Labute approximate surface area is 95.7 Å². The molecule has 0 fully saturated rings. The summed E-state index contributed by atoms with van der Waals surface area (Å²) in [6.07, 6.45) is 1.95. The lowest BCUT2D eigenvalue weighted by molar-refractivity contribution is 0.532. The third-order valence-corrected chi connectivity index (χ3v) is 2.72. The highest BCUT2D eigenvalue weighted by Gasteiger charge is 2.14. The average molecular weight is 227 g/mol. The molecular weight excluding hydrogens is 208 g/mol. The van der Waals surface area contributed by atoms with Crippen molar-refractivity contribution < 1.29 is 8.78 Å². The quantitative estimate of drug-likeness (QED) is 0.767. The predicted molar refractivity (Wildman–Crippen MR) is 62.4 cm³/mol. The maximum atomic E-state index is 13.9. The monoisotopic (exact) mass is 227 g/mol. The summed E-state index contributed by atoms with van der Waals surface area (Å²) in [6, 6.07) is 2.89. The van der Waals surface area contributed by atoms with Crippen molar-refractivity contribution >= 4 is 0 Å². The smallest absolute Gasteiger partial charge is 0.132 e. The number of halogens is 2. The summed E-state index contributed by atoms with van der Waals surface area (Å²) < 4.78 is 27.4. The van der Waals surface area contributed by atoms with Gasteiger partial charge in [-0.2, -0.15) is 0 Å². The Morgan fingerprint density at radius 1 is 1.19 bits per heavy atom. The molecule has 0 bridgehead atoms. The Kier molecular flexibility index (Phi) is 4.87. The highest BCUT2D eigenvalue weighted by Crippen LogP contribution is 2.24. The lowest BCUT2D eigenvalue weighted by Gasteiger charge is -2.12. The van der Waals surface area contributed by atoms with E-state index in [2.05, 4.69) is 0 Å². The second-order valence-electron chi connectivity index (χ2n) is 4.33. The number of benzene rings is 1. The normalized spacial score (nSPS) is 11.1. The fourth-order valence-electron chi connectivity index (χ4n) is 1.74. The van der Waals surface area contributed by atoms with Gasteiger partial charge in [0.05, 0.1) is 0 Å². The second-order valence-corrected chi connectivity index (χ2v) is 4.33. The van der Waals surface area contributed by atoms with Gasteiger partial charge in [0, 0.05) is 5.56 Å². The van der Waals surface area contributed by atoms with Crippen LogP contribution in [-0.4, -0.2) is 6.54 Å². The minimum atomic E-state index is -0.445. The lowest BCUT2D eigenvalue weighted by Crippen LogP contribution is -2.04. The van der Waals surface area contributed by atoms with Gasteiger partial charge in [-0.05, 0) is 43.4 Å². The van der Waals surface area contributed by atoms with Crippen molar-refractivity contribution in [3.05, 3.63) is 34.9 Å². The van der Waals surface area contributed by atoms with Crippen LogP contribution in [0.1, 0.15) is 43.7 Å². The number of hydrogen-bond donors (Lipinski definition) is 1. The van der Waals surface area contributed by atoms with E-state index in [1.54, 1.807) is 0 Å². The molecule has 0 aliphatic rings. The van der Waals surface area contributed by atoms with Gasteiger partial charge in [0.15, 0.2) is 0 Å².